The lowest BCUT2D eigenvalue weighted by Crippen LogP contribution is -2.34. The van der Waals surface area contributed by atoms with E-state index in [1.165, 1.54) is 5.69 Å². The van der Waals surface area contributed by atoms with Gasteiger partial charge in [0, 0.05) is 19.2 Å². The zero-order valence-electron chi connectivity index (χ0n) is 12.7. The highest BCUT2D eigenvalue weighted by Crippen LogP contribution is 2.33. The van der Waals surface area contributed by atoms with Gasteiger partial charge in [-0.05, 0) is 51.9 Å². The van der Waals surface area contributed by atoms with Crippen molar-refractivity contribution in [3.05, 3.63) is 18.2 Å². The van der Waals surface area contributed by atoms with Crippen LogP contribution in [0, 0.1) is 0 Å². The minimum atomic E-state index is 0.691. The van der Waals surface area contributed by atoms with Gasteiger partial charge in [0.25, 0.3) is 0 Å². The predicted octanol–water partition coefficient (Wildman–Crippen LogP) is 2.67. The molecule has 0 bridgehead atoms. The van der Waals surface area contributed by atoms with E-state index in [0.717, 1.165) is 50.5 Å². The van der Waals surface area contributed by atoms with Crippen molar-refractivity contribution < 1.29 is 9.47 Å². The van der Waals surface area contributed by atoms with Crippen molar-refractivity contribution >= 4 is 5.69 Å². The van der Waals surface area contributed by atoms with Crippen molar-refractivity contribution in [1.29, 1.82) is 0 Å². The molecule has 20 heavy (non-hydrogen) atoms. The van der Waals surface area contributed by atoms with Crippen LogP contribution in [0.4, 0.5) is 5.69 Å². The maximum absolute atomic E-state index is 5.78. The second-order valence-corrected chi connectivity index (χ2v) is 4.94. The third-order valence-electron chi connectivity index (χ3n) is 3.45. The molecule has 112 valence electrons. The first kappa shape index (κ1) is 15.0. The number of anilines is 1. The van der Waals surface area contributed by atoms with E-state index in [1.807, 2.05) is 26.0 Å². The first-order valence-corrected chi connectivity index (χ1v) is 7.70. The molecule has 0 saturated carbocycles. The van der Waals surface area contributed by atoms with Crippen molar-refractivity contribution in [3.8, 4) is 11.5 Å². The maximum Gasteiger partial charge on any atom is 0.142 e. The summed E-state index contributed by atoms with van der Waals surface area (Å²) in [7, 11) is 0. The van der Waals surface area contributed by atoms with Crippen LogP contribution in [0.5, 0.6) is 11.5 Å². The monoisotopic (exact) mass is 278 g/mol. The largest absolute Gasteiger partial charge is 0.494 e. The highest BCUT2D eigenvalue weighted by atomic mass is 16.5. The molecular formula is C16H26N2O2. The fourth-order valence-electron chi connectivity index (χ4n) is 2.55. The van der Waals surface area contributed by atoms with E-state index in [2.05, 4.69) is 16.3 Å². The van der Waals surface area contributed by atoms with Crippen LogP contribution in [0.3, 0.4) is 0 Å². The zero-order valence-corrected chi connectivity index (χ0v) is 12.7. The predicted molar refractivity (Wildman–Crippen MR) is 83.1 cm³/mol. The Hall–Kier alpha value is -1.42. The number of nitrogens with one attached hydrogen (secondary N) is 1. The number of nitrogens with zero attached hydrogens (tertiary/aromatic N) is 1. The molecule has 1 aliphatic rings. The lowest BCUT2D eigenvalue weighted by molar-refractivity contribution is 0.330. The van der Waals surface area contributed by atoms with Crippen LogP contribution in [0.1, 0.15) is 26.7 Å². The molecule has 1 heterocycles. The highest BCUT2D eigenvalue weighted by Gasteiger charge is 2.14. The van der Waals surface area contributed by atoms with E-state index in [-0.39, 0.29) is 0 Å². The summed E-state index contributed by atoms with van der Waals surface area (Å²) in [5.74, 6) is 1.88. The molecule has 0 aliphatic carbocycles. The van der Waals surface area contributed by atoms with Crippen LogP contribution in [0.2, 0.25) is 0 Å². The Morgan fingerprint density at radius 1 is 1.05 bits per heavy atom. The summed E-state index contributed by atoms with van der Waals surface area (Å²) in [6.07, 6.45) is 2.31. The molecule has 4 heteroatoms. The quantitative estimate of drug-likeness (QED) is 0.898. The number of benzene rings is 1. The summed E-state index contributed by atoms with van der Waals surface area (Å²) in [4.78, 5) is 2.42. The Bertz CT molecular complexity index is 401. The average molecular weight is 278 g/mol. The minimum absolute atomic E-state index is 0.691. The van der Waals surface area contributed by atoms with Gasteiger partial charge in [-0.2, -0.15) is 0 Å². The van der Waals surface area contributed by atoms with Gasteiger partial charge in [-0.15, -0.1) is 0 Å². The Morgan fingerprint density at radius 3 is 2.40 bits per heavy atom. The van der Waals surface area contributed by atoms with Gasteiger partial charge < -0.3 is 19.7 Å². The lowest BCUT2D eigenvalue weighted by Gasteiger charge is -2.29. The normalized spacial score (nSPS) is 16.4. The van der Waals surface area contributed by atoms with Crippen molar-refractivity contribution in [2.24, 2.45) is 0 Å². The molecule has 1 N–H and O–H groups in total. The Labute approximate surface area is 122 Å². The van der Waals surface area contributed by atoms with E-state index in [1.54, 1.807) is 0 Å². The van der Waals surface area contributed by atoms with Crippen molar-refractivity contribution in [3.63, 3.8) is 0 Å². The van der Waals surface area contributed by atoms with E-state index in [9.17, 15) is 0 Å². The van der Waals surface area contributed by atoms with Crippen molar-refractivity contribution in [1.82, 2.24) is 5.32 Å². The highest BCUT2D eigenvalue weighted by molar-refractivity contribution is 5.61. The van der Waals surface area contributed by atoms with Gasteiger partial charge in [-0.25, -0.2) is 0 Å². The average Bonchev–Trinajstić information content (AvgIpc) is 2.41. The maximum atomic E-state index is 5.78. The Balaban J connectivity index is 2.21. The van der Waals surface area contributed by atoms with Crippen LogP contribution < -0.4 is 19.7 Å². The van der Waals surface area contributed by atoms with Gasteiger partial charge in [-0.1, -0.05) is 0 Å². The standard InChI is InChI=1S/C16H26N2O2/c1-3-19-14-7-8-16(20-4-2)15(13-14)18-11-5-9-17-10-6-12-18/h7-8,13,17H,3-6,9-12H2,1-2H3. The molecular weight excluding hydrogens is 252 g/mol. The summed E-state index contributed by atoms with van der Waals surface area (Å²) >= 11 is 0. The molecule has 1 saturated heterocycles. The van der Waals surface area contributed by atoms with Crippen LogP contribution in [0.25, 0.3) is 0 Å². The summed E-state index contributed by atoms with van der Waals surface area (Å²) in [5.41, 5.74) is 1.17. The second-order valence-electron chi connectivity index (χ2n) is 4.94. The van der Waals surface area contributed by atoms with Crippen LogP contribution >= 0.6 is 0 Å². The van der Waals surface area contributed by atoms with Gasteiger partial charge in [0.1, 0.15) is 11.5 Å². The molecule has 2 rings (SSSR count). The second kappa shape index (κ2) is 8.00. The van der Waals surface area contributed by atoms with Crippen molar-refractivity contribution in [2.75, 3.05) is 44.3 Å². The SMILES string of the molecule is CCOc1ccc(OCC)c(N2CCCNCCC2)c1. The topological polar surface area (TPSA) is 33.7 Å². The third kappa shape index (κ3) is 4.04. The summed E-state index contributed by atoms with van der Waals surface area (Å²) < 4.78 is 11.4. The summed E-state index contributed by atoms with van der Waals surface area (Å²) in [5, 5.41) is 3.45. The number of hydrogen-bond acceptors (Lipinski definition) is 4. The third-order valence-corrected chi connectivity index (χ3v) is 3.45. The van der Waals surface area contributed by atoms with Crippen LogP contribution in [0.15, 0.2) is 18.2 Å². The fourth-order valence-corrected chi connectivity index (χ4v) is 2.55. The molecule has 0 unspecified atom stereocenters. The molecule has 0 aromatic heterocycles. The van der Waals surface area contributed by atoms with Crippen molar-refractivity contribution in [2.45, 2.75) is 26.7 Å². The van der Waals surface area contributed by atoms with Gasteiger partial charge >= 0.3 is 0 Å². The van der Waals surface area contributed by atoms with E-state index < -0.39 is 0 Å². The van der Waals surface area contributed by atoms with Gasteiger partial charge in [0.15, 0.2) is 0 Å². The number of hydrogen-bond donors (Lipinski definition) is 1. The summed E-state index contributed by atoms with van der Waals surface area (Å²) in [6, 6.07) is 6.13. The molecule has 1 aliphatic heterocycles. The molecule has 1 aromatic carbocycles. The minimum Gasteiger partial charge on any atom is -0.494 e. The van der Waals surface area contributed by atoms with Gasteiger partial charge in [-0.3, -0.25) is 0 Å². The van der Waals surface area contributed by atoms with E-state index in [4.69, 9.17) is 9.47 Å². The molecule has 0 radical (unpaired) electrons. The molecule has 1 fully saturated rings. The van der Waals surface area contributed by atoms with Crippen LogP contribution in [-0.2, 0) is 0 Å². The van der Waals surface area contributed by atoms with Gasteiger partial charge in [0.05, 0.1) is 18.9 Å². The summed E-state index contributed by atoms with van der Waals surface area (Å²) in [6.45, 7) is 9.71. The van der Waals surface area contributed by atoms with E-state index in [0.29, 0.717) is 13.2 Å². The zero-order chi connectivity index (χ0) is 14.2. The first-order chi connectivity index (χ1) is 9.85. The van der Waals surface area contributed by atoms with Crippen LogP contribution in [-0.4, -0.2) is 39.4 Å². The Morgan fingerprint density at radius 2 is 1.75 bits per heavy atom. The lowest BCUT2D eigenvalue weighted by atomic mass is 10.2. The fraction of sp³-hybridized carbons (Fsp3) is 0.625. The molecule has 0 spiro atoms. The number of ether oxygens (including phenoxy) is 2. The first-order valence-electron chi connectivity index (χ1n) is 7.70. The molecule has 4 nitrogen and oxygen atoms in total. The van der Waals surface area contributed by atoms with E-state index >= 15 is 0 Å². The number of rotatable bonds is 5. The Kier molecular flexibility index (Phi) is 5.99. The molecule has 0 atom stereocenters. The van der Waals surface area contributed by atoms with Gasteiger partial charge in [0.2, 0.25) is 0 Å². The molecule has 0 amide bonds. The molecule has 1 aromatic rings. The smallest absolute Gasteiger partial charge is 0.142 e.